The molecule has 0 spiro atoms. The highest BCUT2D eigenvalue weighted by Gasteiger charge is 2.39. The zero-order valence-corrected chi connectivity index (χ0v) is 10.5. The van der Waals surface area contributed by atoms with Crippen LogP contribution in [-0.2, 0) is 4.79 Å². The number of carbonyl (C=O) groups is 2. The van der Waals surface area contributed by atoms with Crippen molar-refractivity contribution >= 4 is 22.8 Å². The topological polar surface area (TPSA) is 91.0 Å². The van der Waals surface area contributed by atoms with E-state index in [4.69, 9.17) is 9.52 Å². The molecule has 1 amide bonds. The predicted octanol–water partition coefficient (Wildman–Crippen LogP) is 1.09. The van der Waals surface area contributed by atoms with E-state index in [1.807, 2.05) is 0 Å². The normalized spacial score (nSPS) is 22.4. The van der Waals surface area contributed by atoms with Crippen LogP contribution in [0, 0.1) is 0 Å². The molecule has 0 aliphatic carbocycles. The van der Waals surface area contributed by atoms with Gasteiger partial charge in [0, 0.05) is 18.4 Å². The number of aliphatic hydroxyl groups excluding tert-OH is 1. The summed E-state index contributed by atoms with van der Waals surface area (Å²) in [5.41, 5.74) is 0.892. The fraction of sp³-hybridized carbons (Fsp3) is 0.286. The van der Waals surface area contributed by atoms with Crippen molar-refractivity contribution in [1.29, 1.82) is 0 Å². The Morgan fingerprint density at radius 2 is 2.05 bits per heavy atom. The molecule has 1 aliphatic rings. The van der Waals surface area contributed by atoms with Crippen molar-refractivity contribution in [1.82, 2.24) is 4.90 Å². The molecule has 0 saturated carbocycles. The van der Waals surface area contributed by atoms with E-state index >= 15 is 0 Å². The lowest BCUT2D eigenvalue weighted by atomic mass is 10.1. The van der Waals surface area contributed by atoms with Gasteiger partial charge in [-0.3, -0.25) is 4.79 Å². The molecule has 2 aromatic rings. The lowest BCUT2D eigenvalue weighted by Gasteiger charge is -2.20. The molecule has 1 aromatic carbocycles. The van der Waals surface area contributed by atoms with Crippen LogP contribution >= 0.6 is 0 Å². The Kier molecular flexibility index (Phi) is 2.94. The van der Waals surface area contributed by atoms with Crippen LogP contribution in [-0.4, -0.2) is 45.7 Å². The van der Waals surface area contributed by atoms with Gasteiger partial charge in [0.1, 0.15) is 17.9 Å². The number of likely N-dealkylation sites (tertiary alicyclic amines) is 1. The average molecular weight is 275 g/mol. The number of fused-ring (bicyclic) bond motifs is 1. The number of hydrogen-bond acceptors (Lipinski definition) is 4. The number of carbonyl (C=O) groups excluding carboxylic acids is 1. The summed E-state index contributed by atoms with van der Waals surface area (Å²) in [6, 6.07) is 6.06. The van der Waals surface area contributed by atoms with E-state index in [0.717, 1.165) is 0 Å². The van der Waals surface area contributed by atoms with Crippen molar-refractivity contribution in [3.8, 4) is 0 Å². The SMILES string of the molecule is O=C(O)[C@@H]1C[C@H](O)CN1C(=O)c1coc2ccccc12. The monoisotopic (exact) mass is 275 g/mol. The second-order valence-corrected chi connectivity index (χ2v) is 4.85. The predicted molar refractivity (Wildman–Crippen MR) is 69.3 cm³/mol. The molecule has 1 fully saturated rings. The second-order valence-electron chi connectivity index (χ2n) is 4.85. The van der Waals surface area contributed by atoms with Crippen molar-refractivity contribution in [2.75, 3.05) is 6.54 Å². The van der Waals surface area contributed by atoms with E-state index in [-0.39, 0.29) is 13.0 Å². The van der Waals surface area contributed by atoms with E-state index in [0.29, 0.717) is 16.5 Å². The Labute approximate surface area is 114 Å². The molecule has 1 aliphatic heterocycles. The van der Waals surface area contributed by atoms with Gasteiger partial charge in [0.05, 0.1) is 11.7 Å². The number of rotatable bonds is 2. The van der Waals surface area contributed by atoms with Gasteiger partial charge in [-0.05, 0) is 6.07 Å². The molecule has 2 N–H and O–H groups in total. The number of hydrogen-bond donors (Lipinski definition) is 2. The minimum atomic E-state index is -1.11. The Balaban J connectivity index is 1.98. The summed E-state index contributed by atoms with van der Waals surface area (Å²) in [6.45, 7) is 0.0231. The molecule has 3 rings (SSSR count). The number of carboxylic acids is 1. The second kappa shape index (κ2) is 4.64. The maximum Gasteiger partial charge on any atom is 0.326 e. The highest BCUT2D eigenvalue weighted by atomic mass is 16.4. The molecule has 6 heteroatoms. The number of benzene rings is 1. The Morgan fingerprint density at radius 3 is 2.80 bits per heavy atom. The fourth-order valence-corrected chi connectivity index (χ4v) is 2.57. The number of aliphatic carboxylic acids is 1. The summed E-state index contributed by atoms with van der Waals surface area (Å²) in [7, 11) is 0. The summed E-state index contributed by atoms with van der Waals surface area (Å²) in [5, 5.41) is 19.4. The number of aliphatic hydroxyl groups is 1. The minimum Gasteiger partial charge on any atom is -0.480 e. The third kappa shape index (κ3) is 1.94. The molecule has 1 aromatic heterocycles. The quantitative estimate of drug-likeness (QED) is 0.856. The average Bonchev–Trinajstić information content (AvgIpc) is 3.01. The first-order valence-corrected chi connectivity index (χ1v) is 6.26. The summed E-state index contributed by atoms with van der Waals surface area (Å²) in [4.78, 5) is 24.8. The Hall–Kier alpha value is -2.34. The molecular weight excluding hydrogens is 262 g/mol. The van der Waals surface area contributed by atoms with Gasteiger partial charge in [-0.25, -0.2) is 4.79 Å². The first kappa shape index (κ1) is 12.7. The summed E-state index contributed by atoms with van der Waals surface area (Å²) in [6.07, 6.45) is 0.575. The van der Waals surface area contributed by atoms with Gasteiger partial charge >= 0.3 is 5.97 Å². The van der Waals surface area contributed by atoms with Crippen molar-refractivity contribution in [2.24, 2.45) is 0 Å². The number of para-hydroxylation sites is 1. The van der Waals surface area contributed by atoms with Crippen LogP contribution in [0.25, 0.3) is 11.0 Å². The lowest BCUT2D eigenvalue weighted by Crippen LogP contribution is -2.40. The van der Waals surface area contributed by atoms with Crippen molar-refractivity contribution in [3.63, 3.8) is 0 Å². The summed E-state index contributed by atoms with van der Waals surface area (Å²) in [5.74, 6) is -1.54. The van der Waals surface area contributed by atoms with Crippen molar-refractivity contribution < 1.29 is 24.2 Å². The standard InChI is InChI=1S/C14H13NO5/c16-8-5-11(14(18)19)15(6-8)13(17)10-7-20-12-4-2-1-3-9(10)12/h1-4,7-8,11,16H,5-6H2,(H,18,19)/t8-,11-/m0/s1. The van der Waals surface area contributed by atoms with Gasteiger partial charge in [-0.1, -0.05) is 18.2 Å². The van der Waals surface area contributed by atoms with Gasteiger partial charge in [0.2, 0.25) is 0 Å². The highest BCUT2D eigenvalue weighted by Crippen LogP contribution is 2.26. The molecular formula is C14H13NO5. The largest absolute Gasteiger partial charge is 0.480 e. The van der Waals surface area contributed by atoms with Crippen LogP contribution in [0.1, 0.15) is 16.8 Å². The summed E-state index contributed by atoms with van der Waals surface area (Å²) < 4.78 is 5.29. The smallest absolute Gasteiger partial charge is 0.326 e. The Bertz CT molecular complexity index is 677. The maximum absolute atomic E-state index is 12.5. The molecule has 0 unspecified atom stereocenters. The summed E-state index contributed by atoms with van der Waals surface area (Å²) >= 11 is 0. The van der Waals surface area contributed by atoms with Crippen LogP contribution < -0.4 is 0 Å². The fourth-order valence-electron chi connectivity index (χ4n) is 2.57. The molecule has 1 saturated heterocycles. The van der Waals surface area contributed by atoms with E-state index in [2.05, 4.69) is 0 Å². The van der Waals surface area contributed by atoms with Crippen molar-refractivity contribution in [3.05, 3.63) is 36.1 Å². The van der Waals surface area contributed by atoms with Crippen LogP contribution in [0.3, 0.4) is 0 Å². The number of furan rings is 1. The van der Waals surface area contributed by atoms with Crippen LogP contribution in [0.4, 0.5) is 0 Å². The highest BCUT2D eigenvalue weighted by molar-refractivity contribution is 6.07. The molecule has 20 heavy (non-hydrogen) atoms. The minimum absolute atomic E-state index is 0.0231. The number of amides is 1. The number of carboxylic acid groups (broad SMARTS) is 1. The van der Waals surface area contributed by atoms with E-state index in [1.54, 1.807) is 24.3 Å². The van der Waals surface area contributed by atoms with Gasteiger partial charge in [0.15, 0.2) is 0 Å². The van der Waals surface area contributed by atoms with Gasteiger partial charge in [0.25, 0.3) is 5.91 Å². The zero-order valence-electron chi connectivity index (χ0n) is 10.5. The molecule has 0 bridgehead atoms. The van der Waals surface area contributed by atoms with Crippen LogP contribution in [0.5, 0.6) is 0 Å². The first-order valence-electron chi connectivity index (χ1n) is 6.26. The van der Waals surface area contributed by atoms with E-state index in [1.165, 1.54) is 11.2 Å². The molecule has 104 valence electrons. The molecule has 2 atom stereocenters. The number of nitrogens with zero attached hydrogens (tertiary/aromatic N) is 1. The Morgan fingerprint density at radius 1 is 1.30 bits per heavy atom. The molecule has 6 nitrogen and oxygen atoms in total. The first-order chi connectivity index (χ1) is 9.58. The lowest BCUT2D eigenvalue weighted by molar-refractivity contribution is -0.141. The van der Waals surface area contributed by atoms with Crippen molar-refractivity contribution in [2.45, 2.75) is 18.6 Å². The van der Waals surface area contributed by atoms with E-state index < -0.39 is 24.0 Å². The molecule has 2 heterocycles. The molecule has 0 radical (unpaired) electrons. The van der Waals surface area contributed by atoms with Crippen LogP contribution in [0.15, 0.2) is 34.9 Å². The van der Waals surface area contributed by atoms with Crippen LogP contribution in [0.2, 0.25) is 0 Å². The van der Waals surface area contributed by atoms with Gasteiger partial charge < -0.3 is 19.5 Å². The number of β-amino-alcohol motifs (C(OH)–C–C–N with tert-alkyl or cyclic N) is 1. The third-order valence-electron chi connectivity index (χ3n) is 3.54. The zero-order chi connectivity index (χ0) is 14.3. The van der Waals surface area contributed by atoms with Gasteiger partial charge in [-0.15, -0.1) is 0 Å². The maximum atomic E-state index is 12.5. The van der Waals surface area contributed by atoms with E-state index in [9.17, 15) is 14.7 Å². The third-order valence-corrected chi connectivity index (χ3v) is 3.54. The van der Waals surface area contributed by atoms with Gasteiger partial charge in [-0.2, -0.15) is 0 Å².